The normalized spacial score (nSPS) is 10.7. The number of para-hydroxylation sites is 1. The summed E-state index contributed by atoms with van der Waals surface area (Å²) < 4.78 is 26.1. The molecule has 3 rings (SSSR count). The highest BCUT2D eigenvalue weighted by atomic mass is 19.1. The largest absolute Gasteiger partial charge is 0.379 e. The topological polar surface area (TPSA) is 24.9 Å². The van der Waals surface area contributed by atoms with Crippen LogP contribution in [0.3, 0.4) is 0 Å². The molecule has 0 aliphatic carbocycles. The zero-order valence-corrected chi connectivity index (χ0v) is 10.6. The highest BCUT2D eigenvalue weighted by Crippen LogP contribution is 2.15. The van der Waals surface area contributed by atoms with Crippen molar-refractivity contribution in [1.29, 1.82) is 0 Å². The van der Waals surface area contributed by atoms with Gasteiger partial charge >= 0.3 is 0 Å². The van der Waals surface area contributed by atoms with Gasteiger partial charge in [0, 0.05) is 17.1 Å². The van der Waals surface area contributed by atoms with E-state index in [2.05, 4.69) is 10.3 Å². The average Bonchev–Trinajstić information content (AvgIpc) is 2.44. The highest BCUT2D eigenvalue weighted by molar-refractivity contribution is 5.78. The van der Waals surface area contributed by atoms with Crippen LogP contribution in [-0.2, 0) is 6.54 Å². The molecule has 1 heterocycles. The van der Waals surface area contributed by atoms with Gasteiger partial charge in [-0.2, -0.15) is 0 Å². The molecule has 2 aromatic carbocycles. The SMILES string of the molecule is Fc1cc(F)cc(NCc2ccc3ccccc3n2)c1. The summed E-state index contributed by atoms with van der Waals surface area (Å²) in [5, 5.41) is 4.03. The van der Waals surface area contributed by atoms with Gasteiger partial charge < -0.3 is 5.32 Å². The van der Waals surface area contributed by atoms with E-state index in [9.17, 15) is 8.78 Å². The Hall–Kier alpha value is -2.49. The van der Waals surface area contributed by atoms with Crippen LogP contribution < -0.4 is 5.32 Å². The Kier molecular flexibility index (Phi) is 3.29. The standard InChI is InChI=1S/C16H12F2N2/c17-12-7-13(18)9-15(8-12)19-10-14-6-5-11-3-1-2-4-16(11)20-14/h1-9,19H,10H2. The van der Waals surface area contributed by atoms with Crippen LogP contribution in [-0.4, -0.2) is 4.98 Å². The van der Waals surface area contributed by atoms with Crippen LogP contribution in [0.15, 0.2) is 54.6 Å². The third kappa shape index (κ3) is 2.74. The minimum Gasteiger partial charge on any atom is -0.379 e. The molecule has 0 saturated heterocycles. The molecule has 0 bridgehead atoms. The fourth-order valence-corrected chi connectivity index (χ4v) is 2.06. The van der Waals surface area contributed by atoms with Crippen molar-refractivity contribution in [2.45, 2.75) is 6.54 Å². The van der Waals surface area contributed by atoms with E-state index in [4.69, 9.17) is 0 Å². The minimum absolute atomic E-state index is 0.400. The first kappa shape index (κ1) is 12.5. The molecule has 0 unspecified atom stereocenters. The van der Waals surface area contributed by atoms with Crippen LogP contribution >= 0.6 is 0 Å². The molecular formula is C16H12F2N2. The average molecular weight is 270 g/mol. The lowest BCUT2D eigenvalue weighted by molar-refractivity contribution is 0.584. The number of halogens is 2. The van der Waals surface area contributed by atoms with Crippen molar-refractivity contribution in [2.75, 3.05) is 5.32 Å². The maximum Gasteiger partial charge on any atom is 0.128 e. The van der Waals surface area contributed by atoms with Gasteiger partial charge in [0.2, 0.25) is 0 Å². The second-order valence-electron chi connectivity index (χ2n) is 4.51. The third-order valence-electron chi connectivity index (χ3n) is 2.99. The summed E-state index contributed by atoms with van der Waals surface area (Å²) in [7, 11) is 0. The predicted molar refractivity (Wildman–Crippen MR) is 75.4 cm³/mol. The summed E-state index contributed by atoms with van der Waals surface area (Å²) in [6.07, 6.45) is 0. The lowest BCUT2D eigenvalue weighted by Gasteiger charge is -2.07. The molecule has 0 aliphatic heterocycles. The Bertz CT molecular complexity index is 736. The van der Waals surface area contributed by atoms with E-state index in [-0.39, 0.29) is 0 Å². The van der Waals surface area contributed by atoms with Crippen LogP contribution in [0.5, 0.6) is 0 Å². The van der Waals surface area contributed by atoms with Crippen LogP contribution in [0.1, 0.15) is 5.69 Å². The number of hydrogen-bond acceptors (Lipinski definition) is 2. The molecular weight excluding hydrogens is 258 g/mol. The molecule has 0 spiro atoms. The molecule has 0 aliphatic rings. The Morgan fingerprint density at radius 2 is 1.65 bits per heavy atom. The monoisotopic (exact) mass is 270 g/mol. The molecule has 1 N–H and O–H groups in total. The van der Waals surface area contributed by atoms with Gasteiger partial charge in [0.25, 0.3) is 0 Å². The van der Waals surface area contributed by atoms with Crippen LogP contribution in [0.25, 0.3) is 10.9 Å². The van der Waals surface area contributed by atoms with Crippen molar-refractivity contribution in [3.05, 3.63) is 71.9 Å². The molecule has 2 nitrogen and oxygen atoms in total. The van der Waals surface area contributed by atoms with E-state index in [1.807, 2.05) is 36.4 Å². The molecule has 20 heavy (non-hydrogen) atoms. The summed E-state index contributed by atoms with van der Waals surface area (Å²) in [5.74, 6) is -1.20. The van der Waals surface area contributed by atoms with E-state index in [1.165, 1.54) is 12.1 Å². The predicted octanol–water partition coefficient (Wildman–Crippen LogP) is 4.13. The van der Waals surface area contributed by atoms with Gasteiger partial charge in [-0.1, -0.05) is 24.3 Å². The number of benzene rings is 2. The molecule has 1 aromatic heterocycles. The van der Waals surface area contributed by atoms with Crippen molar-refractivity contribution in [1.82, 2.24) is 4.98 Å². The maximum atomic E-state index is 13.1. The van der Waals surface area contributed by atoms with E-state index in [0.717, 1.165) is 22.7 Å². The van der Waals surface area contributed by atoms with E-state index in [1.54, 1.807) is 0 Å². The number of nitrogens with one attached hydrogen (secondary N) is 1. The first-order chi connectivity index (χ1) is 9.70. The number of fused-ring (bicyclic) bond motifs is 1. The third-order valence-corrected chi connectivity index (χ3v) is 2.99. The second kappa shape index (κ2) is 5.25. The van der Waals surface area contributed by atoms with Crippen LogP contribution in [0, 0.1) is 11.6 Å². The molecule has 0 atom stereocenters. The molecule has 100 valence electrons. The zero-order valence-electron chi connectivity index (χ0n) is 10.6. The van der Waals surface area contributed by atoms with Gasteiger partial charge in [0.05, 0.1) is 17.8 Å². The Labute approximate surface area is 115 Å². The summed E-state index contributed by atoms with van der Waals surface area (Å²) in [6, 6.07) is 15.0. The molecule has 0 fully saturated rings. The van der Waals surface area contributed by atoms with Crippen molar-refractivity contribution in [3.63, 3.8) is 0 Å². The van der Waals surface area contributed by atoms with Crippen LogP contribution in [0.2, 0.25) is 0 Å². The number of hydrogen-bond donors (Lipinski definition) is 1. The second-order valence-corrected chi connectivity index (χ2v) is 4.51. The van der Waals surface area contributed by atoms with Crippen molar-refractivity contribution in [3.8, 4) is 0 Å². The molecule has 0 saturated carbocycles. The number of nitrogens with zero attached hydrogens (tertiary/aromatic N) is 1. The molecule has 0 radical (unpaired) electrons. The van der Waals surface area contributed by atoms with Crippen molar-refractivity contribution >= 4 is 16.6 Å². The lowest BCUT2D eigenvalue weighted by atomic mass is 10.2. The number of pyridine rings is 1. The first-order valence-corrected chi connectivity index (χ1v) is 6.25. The van der Waals surface area contributed by atoms with Gasteiger partial charge in [-0.3, -0.25) is 4.98 Å². The highest BCUT2D eigenvalue weighted by Gasteiger charge is 2.02. The zero-order chi connectivity index (χ0) is 13.9. The van der Waals surface area contributed by atoms with Crippen molar-refractivity contribution < 1.29 is 8.78 Å². The lowest BCUT2D eigenvalue weighted by Crippen LogP contribution is -2.02. The quantitative estimate of drug-likeness (QED) is 0.774. The number of rotatable bonds is 3. The van der Waals surface area contributed by atoms with Crippen molar-refractivity contribution in [2.24, 2.45) is 0 Å². The number of aromatic nitrogens is 1. The van der Waals surface area contributed by atoms with E-state index < -0.39 is 11.6 Å². The summed E-state index contributed by atoms with van der Waals surface area (Å²) >= 11 is 0. The van der Waals surface area contributed by atoms with Gasteiger partial charge in [-0.25, -0.2) is 8.78 Å². The minimum atomic E-state index is -0.598. The Morgan fingerprint density at radius 3 is 2.45 bits per heavy atom. The number of anilines is 1. The first-order valence-electron chi connectivity index (χ1n) is 6.25. The van der Waals surface area contributed by atoms with E-state index >= 15 is 0 Å². The van der Waals surface area contributed by atoms with E-state index in [0.29, 0.717) is 12.2 Å². The summed E-state index contributed by atoms with van der Waals surface area (Å²) in [6.45, 7) is 0.410. The van der Waals surface area contributed by atoms with Gasteiger partial charge in [0.1, 0.15) is 11.6 Å². The van der Waals surface area contributed by atoms with Gasteiger partial charge in [-0.05, 0) is 24.3 Å². The fourth-order valence-electron chi connectivity index (χ4n) is 2.06. The molecule has 4 heteroatoms. The Balaban J connectivity index is 1.79. The summed E-state index contributed by atoms with van der Waals surface area (Å²) in [5.41, 5.74) is 2.11. The van der Waals surface area contributed by atoms with Gasteiger partial charge in [0.15, 0.2) is 0 Å². The van der Waals surface area contributed by atoms with Gasteiger partial charge in [-0.15, -0.1) is 0 Å². The molecule has 0 amide bonds. The van der Waals surface area contributed by atoms with Crippen LogP contribution in [0.4, 0.5) is 14.5 Å². The maximum absolute atomic E-state index is 13.1. The Morgan fingerprint density at radius 1 is 0.900 bits per heavy atom. The molecule has 3 aromatic rings. The smallest absolute Gasteiger partial charge is 0.128 e. The fraction of sp³-hybridized carbons (Fsp3) is 0.0625. The summed E-state index contributed by atoms with van der Waals surface area (Å²) in [4.78, 5) is 4.49.